The summed E-state index contributed by atoms with van der Waals surface area (Å²) in [6.45, 7) is 3.49. The molecule has 2 aromatic carbocycles. The molecule has 6 nitrogen and oxygen atoms in total. The molecule has 1 heterocycles. The summed E-state index contributed by atoms with van der Waals surface area (Å²) in [5.74, 6) is -0.873. The highest BCUT2D eigenvalue weighted by atomic mass is 32.2. The molecule has 0 radical (unpaired) electrons. The molecule has 0 bridgehead atoms. The molecule has 1 aromatic heterocycles. The molecular formula is C22H23N3O3S. The van der Waals surface area contributed by atoms with Crippen LogP contribution in [0.3, 0.4) is 0 Å². The van der Waals surface area contributed by atoms with E-state index >= 15 is 0 Å². The number of nitrogens with zero attached hydrogens (tertiary/aromatic N) is 3. The van der Waals surface area contributed by atoms with Gasteiger partial charge in [0.05, 0.1) is 6.20 Å². The molecule has 0 aliphatic heterocycles. The SMILES string of the molecule is CSc1ncc(C(=O)OCC(=O)N(c2ccccc2)C(C)C)n1-c1ccccc1. The van der Waals surface area contributed by atoms with Crippen LogP contribution >= 0.6 is 11.8 Å². The highest BCUT2D eigenvalue weighted by Gasteiger charge is 2.23. The van der Waals surface area contributed by atoms with Crippen LogP contribution in [-0.2, 0) is 9.53 Å². The third-order valence-corrected chi connectivity index (χ3v) is 4.93. The Hall–Kier alpha value is -3.06. The minimum Gasteiger partial charge on any atom is -0.451 e. The number of amides is 1. The number of hydrogen-bond acceptors (Lipinski definition) is 5. The van der Waals surface area contributed by atoms with Gasteiger partial charge in [0, 0.05) is 17.4 Å². The molecule has 0 N–H and O–H groups in total. The maximum Gasteiger partial charge on any atom is 0.357 e. The number of esters is 1. The molecule has 0 fully saturated rings. The first-order valence-electron chi connectivity index (χ1n) is 9.24. The summed E-state index contributed by atoms with van der Waals surface area (Å²) < 4.78 is 7.09. The second-order valence-electron chi connectivity index (χ2n) is 6.57. The predicted molar refractivity (Wildman–Crippen MR) is 115 cm³/mol. The summed E-state index contributed by atoms with van der Waals surface area (Å²) in [6, 6.07) is 18.7. The molecule has 3 aromatic rings. The van der Waals surface area contributed by atoms with Gasteiger partial charge in [0.1, 0.15) is 0 Å². The van der Waals surface area contributed by atoms with Crippen molar-refractivity contribution in [3.8, 4) is 5.69 Å². The van der Waals surface area contributed by atoms with E-state index in [1.54, 1.807) is 9.47 Å². The Kier molecular flexibility index (Phi) is 6.72. The molecule has 1 amide bonds. The highest BCUT2D eigenvalue weighted by molar-refractivity contribution is 7.98. The molecule has 0 unspecified atom stereocenters. The fourth-order valence-electron chi connectivity index (χ4n) is 3.04. The van der Waals surface area contributed by atoms with E-state index < -0.39 is 5.97 Å². The summed E-state index contributed by atoms with van der Waals surface area (Å²) >= 11 is 1.43. The summed E-state index contributed by atoms with van der Waals surface area (Å²) in [6.07, 6.45) is 3.36. The number of thioether (sulfide) groups is 1. The van der Waals surface area contributed by atoms with Gasteiger partial charge in [-0.3, -0.25) is 9.36 Å². The lowest BCUT2D eigenvalue weighted by Gasteiger charge is -2.26. The number of ether oxygens (including phenoxy) is 1. The Morgan fingerprint density at radius 3 is 2.28 bits per heavy atom. The fourth-order valence-corrected chi connectivity index (χ4v) is 3.58. The molecule has 0 spiro atoms. The van der Waals surface area contributed by atoms with Crippen LogP contribution < -0.4 is 4.90 Å². The smallest absolute Gasteiger partial charge is 0.357 e. The lowest BCUT2D eigenvalue weighted by Crippen LogP contribution is -2.40. The maximum atomic E-state index is 12.8. The van der Waals surface area contributed by atoms with Crippen LogP contribution in [0.4, 0.5) is 5.69 Å². The normalized spacial score (nSPS) is 10.8. The van der Waals surface area contributed by atoms with Crippen LogP contribution in [0.5, 0.6) is 0 Å². The Morgan fingerprint density at radius 1 is 1.07 bits per heavy atom. The Bertz CT molecular complexity index is 971. The molecule has 29 heavy (non-hydrogen) atoms. The van der Waals surface area contributed by atoms with E-state index in [9.17, 15) is 9.59 Å². The zero-order chi connectivity index (χ0) is 20.8. The van der Waals surface area contributed by atoms with Gasteiger partial charge in [0.2, 0.25) is 0 Å². The monoisotopic (exact) mass is 409 g/mol. The van der Waals surface area contributed by atoms with Gasteiger partial charge in [-0.15, -0.1) is 0 Å². The molecule has 7 heteroatoms. The number of carbonyl (C=O) groups excluding carboxylic acids is 2. The Labute approximate surface area is 174 Å². The van der Waals surface area contributed by atoms with E-state index in [1.807, 2.05) is 80.8 Å². The van der Waals surface area contributed by atoms with Crippen molar-refractivity contribution in [3.05, 3.63) is 72.6 Å². The fraction of sp³-hybridized carbons (Fsp3) is 0.227. The topological polar surface area (TPSA) is 64.4 Å². The van der Waals surface area contributed by atoms with E-state index in [2.05, 4.69) is 4.98 Å². The van der Waals surface area contributed by atoms with Crippen LogP contribution in [0.15, 0.2) is 72.0 Å². The van der Waals surface area contributed by atoms with Crippen LogP contribution in [0.25, 0.3) is 5.69 Å². The molecule has 150 valence electrons. The highest BCUT2D eigenvalue weighted by Crippen LogP contribution is 2.22. The standard InChI is InChI=1S/C22H23N3O3S/c1-16(2)24(17-10-6-4-7-11-17)20(26)15-28-21(27)19-14-23-22(29-3)25(19)18-12-8-5-9-13-18/h4-14,16H,15H2,1-3H3. The van der Waals surface area contributed by atoms with Crippen molar-refractivity contribution in [2.75, 3.05) is 17.8 Å². The van der Waals surface area contributed by atoms with Crippen molar-refractivity contribution in [1.29, 1.82) is 0 Å². The van der Waals surface area contributed by atoms with Crippen LogP contribution in [0.2, 0.25) is 0 Å². The minimum atomic E-state index is -0.591. The van der Waals surface area contributed by atoms with Crippen LogP contribution in [0, 0.1) is 0 Å². The maximum absolute atomic E-state index is 12.8. The number of rotatable bonds is 7. The third kappa shape index (κ3) is 4.68. The number of hydrogen-bond donors (Lipinski definition) is 0. The minimum absolute atomic E-state index is 0.0680. The van der Waals surface area contributed by atoms with Crippen molar-refractivity contribution in [1.82, 2.24) is 9.55 Å². The molecule has 3 rings (SSSR count). The van der Waals surface area contributed by atoms with E-state index in [-0.39, 0.29) is 24.2 Å². The van der Waals surface area contributed by atoms with E-state index in [0.717, 1.165) is 11.4 Å². The molecular weight excluding hydrogens is 386 g/mol. The van der Waals surface area contributed by atoms with Crippen molar-refractivity contribution >= 4 is 29.3 Å². The number of para-hydroxylation sites is 2. The molecule has 0 aliphatic carbocycles. The number of anilines is 1. The third-order valence-electron chi connectivity index (χ3n) is 4.28. The van der Waals surface area contributed by atoms with Crippen molar-refractivity contribution in [2.45, 2.75) is 25.0 Å². The van der Waals surface area contributed by atoms with Crippen LogP contribution in [0.1, 0.15) is 24.3 Å². The average Bonchev–Trinajstić information content (AvgIpc) is 3.17. The second kappa shape index (κ2) is 9.43. The van der Waals surface area contributed by atoms with Crippen molar-refractivity contribution in [2.24, 2.45) is 0 Å². The predicted octanol–water partition coefficient (Wildman–Crippen LogP) is 4.19. The number of imidazole rings is 1. The summed E-state index contributed by atoms with van der Waals surface area (Å²) in [5.41, 5.74) is 1.85. The first kappa shape index (κ1) is 20.7. The van der Waals surface area contributed by atoms with Gasteiger partial charge in [-0.1, -0.05) is 48.2 Å². The number of aromatic nitrogens is 2. The van der Waals surface area contributed by atoms with E-state index in [1.165, 1.54) is 18.0 Å². The summed E-state index contributed by atoms with van der Waals surface area (Å²) in [4.78, 5) is 31.4. The van der Waals surface area contributed by atoms with Gasteiger partial charge in [-0.2, -0.15) is 0 Å². The van der Waals surface area contributed by atoms with Crippen molar-refractivity contribution in [3.63, 3.8) is 0 Å². The van der Waals surface area contributed by atoms with Gasteiger partial charge in [0.25, 0.3) is 5.91 Å². The molecule has 0 aliphatic rings. The summed E-state index contributed by atoms with van der Waals surface area (Å²) in [7, 11) is 0. The average molecular weight is 410 g/mol. The lowest BCUT2D eigenvalue weighted by atomic mass is 10.2. The van der Waals surface area contributed by atoms with Gasteiger partial charge < -0.3 is 9.64 Å². The molecule has 0 atom stereocenters. The van der Waals surface area contributed by atoms with E-state index in [4.69, 9.17) is 4.74 Å². The number of benzene rings is 2. The first-order chi connectivity index (χ1) is 14.0. The second-order valence-corrected chi connectivity index (χ2v) is 7.34. The van der Waals surface area contributed by atoms with E-state index in [0.29, 0.717) is 5.16 Å². The van der Waals surface area contributed by atoms with Gasteiger partial charge >= 0.3 is 5.97 Å². The Morgan fingerprint density at radius 2 is 1.69 bits per heavy atom. The van der Waals surface area contributed by atoms with Crippen LogP contribution in [-0.4, -0.2) is 40.3 Å². The van der Waals surface area contributed by atoms with Gasteiger partial charge in [-0.25, -0.2) is 9.78 Å². The van der Waals surface area contributed by atoms with Gasteiger partial charge in [0.15, 0.2) is 17.5 Å². The summed E-state index contributed by atoms with van der Waals surface area (Å²) in [5, 5.41) is 0.669. The molecule has 0 saturated carbocycles. The first-order valence-corrected chi connectivity index (χ1v) is 10.5. The quantitative estimate of drug-likeness (QED) is 0.432. The van der Waals surface area contributed by atoms with Gasteiger partial charge in [-0.05, 0) is 44.4 Å². The lowest BCUT2D eigenvalue weighted by molar-refractivity contribution is -0.122. The Balaban J connectivity index is 1.78. The largest absolute Gasteiger partial charge is 0.451 e. The van der Waals surface area contributed by atoms with Crippen molar-refractivity contribution < 1.29 is 14.3 Å². The molecule has 0 saturated heterocycles. The zero-order valence-corrected chi connectivity index (χ0v) is 17.4. The zero-order valence-electron chi connectivity index (χ0n) is 16.6. The number of carbonyl (C=O) groups is 2.